The van der Waals surface area contributed by atoms with Crippen molar-refractivity contribution in [3.8, 4) is 16.6 Å². The van der Waals surface area contributed by atoms with Crippen molar-refractivity contribution < 1.29 is 0 Å². The maximum Gasteiger partial charge on any atom is 0.196 e. The molecule has 0 saturated heterocycles. The summed E-state index contributed by atoms with van der Waals surface area (Å²) in [5.41, 5.74) is 6.09. The highest BCUT2D eigenvalue weighted by atomic mass is 32.1. The largest absolute Gasteiger partial charge is 0.277 e. The van der Waals surface area contributed by atoms with Crippen LogP contribution < -0.4 is 5.43 Å². The van der Waals surface area contributed by atoms with Gasteiger partial charge in [0.05, 0.1) is 16.3 Å². The lowest BCUT2D eigenvalue weighted by molar-refractivity contribution is 1.31. The Bertz CT molecular complexity index is 824. The smallest absolute Gasteiger partial charge is 0.196 e. The van der Waals surface area contributed by atoms with E-state index in [2.05, 4.69) is 21.6 Å². The van der Waals surface area contributed by atoms with E-state index in [1.165, 1.54) is 16.9 Å². The third kappa shape index (κ3) is 3.22. The standard InChI is InChI=1S/C16H12N4S2/c1-11-4-6-12(7-5-11)19-20-13(9-17)16-18-14(10-22-16)15-3-2-8-21-15/h2-8,10,19H,1H3. The average Bonchev–Trinajstić information content (AvgIpc) is 3.20. The number of hydrazone groups is 1. The Kier molecular flexibility index (Phi) is 4.28. The van der Waals surface area contributed by atoms with E-state index in [0.717, 1.165) is 16.3 Å². The van der Waals surface area contributed by atoms with Crippen molar-refractivity contribution in [1.82, 2.24) is 4.98 Å². The summed E-state index contributed by atoms with van der Waals surface area (Å²) in [5, 5.41) is 18.0. The quantitative estimate of drug-likeness (QED) is 0.567. The van der Waals surface area contributed by atoms with Crippen LogP contribution in [-0.4, -0.2) is 10.7 Å². The molecule has 0 aliphatic carbocycles. The summed E-state index contributed by atoms with van der Waals surface area (Å²) in [7, 11) is 0. The molecule has 1 aromatic carbocycles. The second kappa shape index (κ2) is 6.52. The number of hydrogen-bond donors (Lipinski definition) is 1. The molecule has 0 aliphatic heterocycles. The number of aromatic nitrogens is 1. The van der Waals surface area contributed by atoms with Crippen LogP contribution >= 0.6 is 22.7 Å². The number of nitrogens with one attached hydrogen (secondary N) is 1. The summed E-state index contributed by atoms with van der Waals surface area (Å²) < 4.78 is 0. The third-order valence-electron chi connectivity index (χ3n) is 2.93. The molecule has 0 radical (unpaired) electrons. The van der Waals surface area contributed by atoms with Crippen LogP contribution in [0.2, 0.25) is 0 Å². The Labute approximate surface area is 136 Å². The summed E-state index contributed by atoms with van der Waals surface area (Å²) in [5.74, 6) is 0. The van der Waals surface area contributed by atoms with Gasteiger partial charge in [-0.15, -0.1) is 22.7 Å². The van der Waals surface area contributed by atoms with Gasteiger partial charge in [0.15, 0.2) is 10.7 Å². The van der Waals surface area contributed by atoms with E-state index in [1.54, 1.807) is 11.3 Å². The lowest BCUT2D eigenvalue weighted by Gasteiger charge is -2.00. The summed E-state index contributed by atoms with van der Waals surface area (Å²) in [4.78, 5) is 5.58. The van der Waals surface area contributed by atoms with Gasteiger partial charge < -0.3 is 0 Å². The maximum absolute atomic E-state index is 9.29. The molecule has 0 saturated carbocycles. The lowest BCUT2D eigenvalue weighted by atomic mass is 10.2. The van der Waals surface area contributed by atoms with Crippen LogP contribution in [-0.2, 0) is 0 Å². The molecule has 108 valence electrons. The second-order valence-corrected chi connectivity index (χ2v) is 6.37. The molecule has 3 rings (SSSR count). The molecular formula is C16H12N4S2. The van der Waals surface area contributed by atoms with Gasteiger partial charge in [-0.05, 0) is 30.5 Å². The summed E-state index contributed by atoms with van der Waals surface area (Å²) in [6, 6.07) is 13.9. The van der Waals surface area contributed by atoms with Gasteiger partial charge in [-0.2, -0.15) is 10.4 Å². The van der Waals surface area contributed by atoms with Crippen LogP contribution in [0.5, 0.6) is 0 Å². The molecule has 0 bridgehead atoms. The maximum atomic E-state index is 9.29. The Morgan fingerprint density at radius 1 is 1.23 bits per heavy atom. The van der Waals surface area contributed by atoms with Crippen molar-refractivity contribution in [2.75, 3.05) is 5.43 Å². The molecule has 0 spiro atoms. The van der Waals surface area contributed by atoms with E-state index in [9.17, 15) is 5.26 Å². The molecule has 4 nitrogen and oxygen atoms in total. The zero-order valence-electron chi connectivity index (χ0n) is 11.8. The highest BCUT2D eigenvalue weighted by Gasteiger charge is 2.10. The minimum Gasteiger partial charge on any atom is -0.277 e. The van der Waals surface area contributed by atoms with Gasteiger partial charge in [0, 0.05) is 5.38 Å². The number of benzene rings is 1. The normalized spacial score (nSPS) is 11.2. The monoisotopic (exact) mass is 324 g/mol. The number of thiazole rings is 1. The van der Waals surface area contributed by atoms with Gasteiger partial charge >= 0.3 is 0 Å². The molecule has 0 aliphatic rings. The van der Waals surface area contributed by atoms with Crippen LogP contribution in [0.25, 0.3) is 10.6 Å². The van der Waals surface area contributed by atoms with Crippen molar-refractivity contribution in [3.05, 3.63) is 57.7 Å². The minimum atomic E-state index is 0.286. The molecule has 2 aromatic heterocycles. The fourth-order valence-corrected chi connectivity index (χ4v) is 3.31. The van der Waals surface area contributed by atoms with Crippen LogP contribution in [0.15, 0.2) is 52.3 Å². The zero-order valence-corrected chi connectivity index (χ0v) is 13.4. The topological polar surface area (TPSA) is 61.1 Å². The van der Waals surface area contributed by atoms with Gasteiger partial charge in [-0.1, -0.05) is 23.8 Å². The first kappa shape index (κ1) is 14.4. The summed E-state index contributed by atoms with van der Waals surface area (Å²) in [6.07, 6.45) is 0. The van der Waals surface area contributed by atoms with Crippen molar-refractivity contribution in [2.45, 2.75) is 6.92 Å². The number of hydrogen-bond acceptors (Lipinski definition) is 6. The first-order valence-electron chi connectivity index (χ1n) is 6.56. The van der Waals surface area contributed by atoms with Crippen molar-refractivity contribution in [3.63, 3.8) is 0 Å². The molecule has 0 unspecified atom stereocenters. The van der Waals surface area contributed by atoms with E-state index in [1.807, 2.05) is 54.1 Å². The molecule has 1 N–H and O–H groups in total. The predicted octanol–water partition coefficient (Wildman–Crippen LogP) is 4.52. The number of nitriles is 1. The highest BCUT2D eigenvalue weighted by molar-refractivity contribution is 7.15. The lowest BCUT2D eigenvalue weighted by Crippen LogP contribution is -2.01. The van der Waals surface area contributed by atoms with Crippen LogP contribution in [0.1, 0.15) is 10.6 Å². The fourth-order valence-electron chi connectivity index (χ4n) is 1.79. The summed E-state index contributed by atoms with van der Waals surface area (Å²) >= 11 is 3.05. The molecule has 3 aromatic rings. The molecule has 2 heterocycles. The molecular weight excluding hydrogens is 312 g/mol. The van der Waals surface area contributed by atoms with Crippen molar-refractivity contribution in [2.24, 2.45) is 5.10 Å². The zero-order chi connectivity index (χ0) is 15.4. The molecule has 22 heavy (non-hydrogen) atoms. The van der Waals surface area contributed by atoms with Crippen LogP contribution in [0, 0.1) is 18.3 Å². The van der Waals surface area contributed by atoms with E-state index in [-0.39, 0.29) is 5.71 Å². The van der Waals surface area contributed by atoms with Crippen LogP contribution in [0.3, 0.4) is 0 Å². The van der Waals surface area contributed by atoms with E-state index in [0.29, 0.717) is 5.01 Å². The number of nitrogens with zero attached hydrogens (tertiary/aromatic N) is 3. The second-order valence-electron chi connectivity index (χ2n) is 4.57. The highest BCUT2D eigenvalue weighted by Crippen LogP contribution is 2.26. The number of thiophene rings is 1. The number of rotatable bonds is 4. The predicted molar refractivity (Wildman–Crippen MR) is 92.4 cm³/mol. The van der Waals surface area contributed by atoms with E-state index < -0.39 is 0 Å². The third-order valence-corrected chi connectivity index (χ3v) is 4.68. The molecule has 6 heteroatoms. The van der Waals surface area contributed by atoms with Gasteiger partial charge in [0.1, 0.15) is 6.07 Å². The molecule has 0 amide bonds. The molecule has 0 atom stereocenters. The first-order valence-corrected chi connectivity index (χ1v) is 8.32. The number of aryl methyl sites for hydroxylation is 1. The fraction of sp³-hybridized carbons (Fsp3) is 0.0625. The van der Waals surface area contributed by atoms with Gasteiger partial charge in [-0.25, -0.2) is 4.98 Å². The SMILES string of the molecule is Cc1ccc(NN=C(C#N)c2nc(-c3cccs3)cs2)cc1. The Balaban J connectivity index is 1.80. The van der Waals surface area contributed by atoms with Gasteiger partial charge in [0.25, 0.3) is 0 Å². The minimum absolute atomic E-state index is 0.286. The number of anilines is 1. The van der Waals surface area contributed by atoms with Crippen LogP contribution in [0.4, 0.5) is 5.69 Å². The Hall–Kier alpha value is -2.49. The first-order chi connectivity index (χ1) is 10.8. The Morgan fingerprint density at radius 3 is 2.73 bits per heavy atom. The Morgan fingerprint density at radius 2 is 2.05 bits per heavy atom. The van der Waals surface area contributed by atoms with E-state index in [4.69, 9.17) is 0 Å². The van der Waals surface area contributed by atoms with Crippen molar-refractivity contribution in [1.29, 1.82) is 5.26 Å². The average molecular weight is 324 g/mol. The summed E-state index contributed by atoms with van der Waals surface area (Å²) in [6.45, 7) is 2.02. The van der Waals surface area contributed by atoms with Gasteiger partial charge in [0.2, 0.25) is 0 Å². The van der Waals surface area contributed by atoms with E-state index >= 15 is 0 Å². The molecule has 0 fully saturated rings. The van der Waals surface area contributed by atoms with Crippen molar-refractivity contribution >= 4 is 34.1 Å². The van der Waals surface area contributed by atoms with Gasteiger partial charge in [-0.3, -0.25) is 5.43 Å².